The summed E-state index contributed by atoms with van der Waals surface area (Å²) < 4.78 is 0. The molecule has 0 saturated heterocycles. The fraction of sp³-hybridized carbons (Fsp3) is 0.0500. The summed E-state index contributed by atoms with van der Waals surface area (Å²) in [5, 5.41) is 4.11. The number of benzene rings is 2. The van der Waals surface area contributed by atoms with E-state index in [9.17, 15) is 4.79 Å². The fourth-order valence-corrected chi connectivity index (χ4v) is 2.29. The molecule has 24 heavy (non-hydrogen) atoms. The number of hydrogen-bond acceptors (Lipinski definition) is 4. The van der Waals surface area contributed by atoms with E-state index in [1.165, 1.54) is 0 Å². The Labute approximate surface area is 140 Å². The molecule has 0 radical (unpaired) electrons. The summed E-state index contributed by atoms with van der Waals surface area (Å²) in [5.41, 5.74) is 3.74. The van der Waals surface area contributed by atoms with Crippen LogP contribution in [0.3, 0.4) is 0 Å². The predicted molar refractivity (Wildman–Crippen MR) is 92.9 cm³/mol. The van der Waals surface area contributed by atoms with Crippen LogP contribution in [0.25, 0.3) is 0 Å². The highest BCUT2D eigenvalue weighted by atomic mass is 16.7. The molecule has 0 spiro atoms. The molecule has 4 heteroatoms. The van der Waals surface area contributed by atoms with Crippen molar-refractivity contribution in [3.63, 3.8) is 0 Å². The Morgan fingerprint density at radius 3 is 2.25 bits per heavy atom. The van der Waals surface area contributed by atoms with Crippen molar-refractivity contribution in [3.8, 4) is 0 Å². The van der Waals surface area contributed by atoms with Crippen molar-refractivity contribution in [1.29, 1.82) is 0 Å². The van der Waals surface area contributed by atoms with Crippen LogP contribution in [0.1, 0.15) is 27.0 Å². The van der Waals surface area contributed by atoms with Gasteiger partial charge in [-0.1, -0.05) is 53.2 Å². The summed E-state index contributed by atoms with van der Waals surface area (Å²) in [6, 6.07) is 20.4. The second kappa shape index (κ2) is 7.33. The highest BCUT2D eigenvalue weighted by Gasteiger charge is 2.11. The van der Waals surface area contributed by atoms with Gasteiger partial charge >= 0.3 is 5.97 Å². The van der Waals surface area contributed by atoms with Crippen molar-refractivity contribution in [2.45, 2.75) is 6.92 Å². The summed E-state index contributed by atoms with van der Waals surface area (Å²) in [4.78, 5) is 21.4. The lowest BCUT2D eigenvalue weighted by Crippen LogP contribution is -2.08. The van der Waals surface area contributed by atoms with Gasteiger partial charge in [-0.25, -0.2) is 4.79 Å². The average Bonchev–Trinajstić information content (AvgIpc) is 2.63. The zero-order valence-electron chi connectivity index (χ0n) is 13.2. The maximum atomic E-state index is 12.2. The van der Waals surface area contributed by atoms with Gasteiger partial charge in [0.25, 0.3) is 0 Å². The zero-order chi connectivity index (χ0) is 16.8. The van der Waals surface area contributed by atoms with Gasteiger partial charge in [0.15, 0.2) is 0 Å². The van der Waals surface area contributed by atoms with Gasteiger partial charge in [-0.15, -0.1) is 0 Å². The molecule has 0 aliphatic heterocycles. The van der Waals surface area contributed by atoms with E-state index in [-0.39, 0.29) is 0 Å². The van der Waals surface area contributed by atoms with Crippen LogP contribution in [0.2, 0.25) is 0 Å². The van der Waals surface area contributed by atoms with Crippen LogP contribution in [0.5, 0.6) is 0 Å². The smallest absolute Gasteiger partial charge is 0.312 e. The van der Waals surface area contributed by atoms with E-state index in [0.29, 0.717) is 11.3 Å². The Kier molecular flexibility index (Phi) is 4.77. The lowest BCUT2D eigenvalue weighted by atomic mass is 10.0. The van der Waals surface area contributed by atoms with Crippen LogP contribution < -0.4 is 0 Å². The molecule has 118 valence electrons. The third-order valence-electron chi connectivity index (χ3n) is 3.47. The Balaban J connectivity index is 1.91. The van der Waals surface area contributed by atoms with Crippen LogP contribution in [0.15, 0.2) is 84.3 Å². The average molecular weight is 316 g/mol. The number of aromatic nitrogens is 1. The maximum Gasteiger partial charge on any atom is 0.365 e. The summed E-state index contributed by atoms with van der Waals surface area (Å²) in [6.45, 7) is 1.92. The molecule has 0 saturated carbocycles. The molecule has 0 bridgehead atoms. The molecule has 0 fully saturated rings. The van der Waals surface area contributed by atoms with E-state index >= 15 is 0 Å². The molecular weight excluding hydrogens is 300 g/mol. The van der Waals surface area contributed by atoms with E-state index in [2.05, 4.69) is 10.1 Å². The van der Waals surface area contributed by atoms with Crippen molar-refractivity contribution in [2.75, 3.05) is 0 Å². The van der Waals surface area contributed by atoms with Gasteiger partial charge in [0.1, 0.15) is 5.71 Å². The fourth-order valence-electron chi connectivity index (χ4n) is 2.29. The minimum atomic E-state index is -0.485. The highest BCUT2D eigenvalue weighted by molar-refractivity contribution is 6.12. The molecule has 0 unspecified atom stereocenters. The van der Waals surface area contributed by atoms with Gasteiger partial charge < -0.3 is 4.84 Å². The second-order valence-electron chi connectivity index (χ2n) is 5.29. The normalized spacial score (nSPS) is 11.1. The molecule has 0 aliphatic carbocycles. The van der Waals surface area contributed by atoms with E-state index in [1.54, 1.807) is 24.5 Å². The summed E-state index contributed by atoms with van der Waals surface area (Å²) in [6.07, 6.45) is 3.35. The Morgan fingerprint density at radius 1 is 0.875 bits per heavy atom. The number of carbonyl (C=O) groups is 1. The third kappa shape index (κ3) is 3.73. The molecular formula is C20H16N2O2. The molecule has 2 aromatic carbocycles. The van der Waals surface area contributed by atoms with Gasteiger partial charge in [-0.2, -0.15) is 0 Å². The van der Waals surface area contributed by atoms with Crippen molar-refractivity contribution in [1.82, 2.24) is 4.98 Å². The van der Waals surface area contributed by atoms with Gasteiger partial charge in [0, 0.05) is 23.5 Å². The van der Waals surface area contributed by atoms with Crippen LogP contribution in [0, 0.1) is 6.92 Å². The Hall–Kier alpha value is -3.27. The van der Waals surface area contributed by atoms with E-state index in [1.807, 2.05) is 61.5 Å². The van der Waals surface area contributed by atoms with E-state index in [4.69, 9.17) is 4.84 Å². The maximum absolute atomic E-state index is 12.2. The van der Waals surface area contributed by atoms with Gasteiger partial charge in [-0.05, 0) is 31.2 Å². The number of pyridine rings is 1. The first-order valence-corrected chi connectivity index (χ1v) is 7.56. The number of rotatable bonds is 4. The molecule has 1 heterocycles. The lowest BCUT2D eigenvalue weighted by molar-refractivity contribution is 0.0517. The molecule has 0 N–H and O–H groups in total. The van der Waals surface area contributed by atoms with Crippen LogP contribution in [0.4, 0.5) is 0 Å². The van der Waals surface area contributed by atoms with Gasteiger partial charge in [0.2, 0.25) is 0 Å². The molecule has 0 aliphatic rings. The molecule has 3 rings (SSSR count). The van der Waals surface area contributed by atoms with Crippen molar-refractivity contribution in [2.24, 2.45) is 5.16 Å². The topological polar surface area (TPSA) is 51.5 Å². The summed E-state index contributed by atoms with van der Waals surface area (Å²) in [5.74, 6) is -0.485. The van der Waals surface area contributed by atoms with Crippen LogP contribution in [-0.4, -0.2) is 16.7 Å². The lowest BCUT2D eigenvalue weighted by Gasteiger charge is -2.06. The van der Waals surface area contributed by atoms with E-state index < -0.39 is 5.97 Å². The van der Waals surface area contributed by atoms with Crippen LogP contribution >= 0.6 is 0 Å². The SMILES string of the molecule is Cc1cccc(C(=O)O/N=C(\c2ccccc2)c2ccncc2)c1. The summed E-state index contributed by atoms with van der Waals surface area (Å²) in [7, 11) is 0. The molecule has 3 aromatic rings. The van der Waals surface area contributed by atoms with Crippen molar-refractivity contribution < 1.29 is 9.63 Å². The van der Waals surface area contributed by atoms with Gasteiger partial charge in [0.05, 0.1) is 5.56 Å². The number of hydrogen-bond donors (Lipinski definition) is 0. The number of nitrogens with zero attached hydrogens (tertiary/aromatic N) is 2. The monoisotopic (exact) mass is 316 g/mol. The molecule has 4 nitrogen and oxygen atoms in total. The third-order valence-corrected chi connectivity index (χ3v) is 3.47. The Bertz CT molecular complexity index is 818. The first-order chi connectivity index (χ1) is 11.7. The highest BCUT2D eigenvalue weighted by Crippen LogP contribution is 2.12. The first kappa shape index (κ1) is 15.6. The Morgan fingerprint density at radius 2 is 1.54 bits per heavy atom. The van der Waals surface area contributed by atoms with Crippen LogP contribution in [-0.2, 0) is 4.84 Å². The van der Waals surface area contributed by atoms with Crippen molar-refractivity contribution in [3.05, 3.63) is 101 Å². The van der Waals surface area contributed by atoms with Gasteiger partial charge in [-0.3, -0.25) is 4.98 Å². The minimum absolute atomic E-state index is 0.473. The second-order valence-corrected chi connectivity index (χ2v) is 5.29. The molecule has 1 aromatic heterocycles. The number of aryl methyl sites for hydroxylation is 1. The molecule has 0 atom stereocenters. The first-order valence-electron chi connectivity index (χ1n) is 7.56. The standard InChI is InChI=1S/C20H16N2O2/c1-15-6-5-9-18(14-15)20(23)24-22-19(16-7-3-2-4-8-16)17-10-12-21-13-11-17/h2-14H,1H3/b22-19+. The number of carbonyl (C=O) groups excluding carboxylic acids is 1. The quantitative estimate of drug-likeness (QED) is 0.415. The predicted octanol–water partition coefficient (Wildman–Crippen LogP) is 4.00. The summed E-state index contributed by atoms with van der Waals surface area (Å²) >= 11 is 0. The molecule has 0 amide bonds. The minimum Gasteiger partial charge on any atom is -0.312 e. The number of oxime groups is 1. The van der Waals surface area contributed by atoms with E-state index in [0.717, 1.165) is 16.7 Å². The largest absolute Gasteiger partial charge is 0.365 e. The van der Waals surface area contributed by atoms with Crippen molar-refractivity contribution >= 4 is 11.7 Å². The zero-order valence-corrected chi connectivity index (χ0v) is 13.2.